The summed E-state index contributed by atoms with van der Waals surface area (Å²) in [5, 5.41) is 10.3. The first-order valence-electron chi connectivity index (χ1n) is 7.55. The Kier molecular flexibility index (Phi) is 3.71. The van der Waals surface area contributed by atoms with E-state index < -0.39 is 5.97 Å². The van der Waals surface area contributed by atoms with Gasteiger partial charge in [0, 0.05) is 17.5 Å². The lowest BCUT2D eigenvalue weighted by molar-refractivity contribution is -0.138. The van der Waals surface area contributed by atoms with Crippen LogP contribution in [0, 0.1) is 5.92 Å². The normalized spacial score (nSPS) is 21.2. The molecule has 0 aromatic carbocycles. The van der Waals surface area contributed by atoms with Gasteiger partial charge in [0.2, 0.25) is 0 Å². The SMILES string of the molecule is CC(C)CCN(c1nc2c(s1)CCC2C(=O)O)C1CC1. The number of rotatable bonds is 6. The molecular weight excluding hydrogens is 272 g/mol. The Morgan fingerprint density at radius 3 is 2.80 bits per heavy atom. The van der Waals surface area contributed by atoms with Crippen LogP contribution in [0.3, 0.4) is 0 Å². The minimum absolute atomic E-state index is 0.374. The van der Waals surface area contributed by atoms with Crippen molar-refractivity contribution >= 4 is 22.4 Å². The van der Waals surface area contributed by atoms with Crippen molar-refractivity contribution in [1.82, 2.24) is 4.98 Å². The molecule has 5 heteroatoms. The van der Waals surface area contributed by atoms with Crippen LogP contribution in [0.25, 0.3) is 0 Å². The van der Waals surface area contributed by atoms with Gasteiger partial charge in [0.15, 0.2) is 5.13 Å². The van der Waals surface area contributed by atoms with E-state index in [2.05, 4.69) is 18.7 Å². The minimum atomic E-state index is -0.722. The van der Waals surface area contributed by atoms with E-state index in [9.17, 15) is 9.90 Å². The Balaban J connectivity index is 1.79. The van der Waals surface area contributed by atoms with Crippen LogP contribution >= 0.6 is 11.3 Å². The number of carboxylic acid groups (broad SMARTS) is 1. The van der Waals surface area contributed by atoms with E-state index in [-0.39, 0.29) is 5.92 Å². The minimum Gasteiger partial charge on any atom is -0.481 e. The van der Waals surface area contributed by atoms with Crippen molar-refractivity contribution in [2.45, 2.75) is 57.9 Å². The number of aliphatic carboxylic acids is 1. The molecule has 1 N–H and O–H groups in total. The number of hydrogen-bond acceptors (Lipinski definition) is 4. The predicted octanol–water partition coefficient (Wildman–Crippen LogP) is 3.27. The lowest BCUT2D eigenvalue weighted by Crippen LogP contribution is -2.27. The first kappa shape index (κ1) is 13.9. The Bertz CT molecular complexity index is 508. The number of aromatic nitrogens is 1. The summed E-state index contributed by atoms with van der Waals surface area (Å²) in [6.45, 7) is 5.53. The maximum atomic E-state index is 11.3. The standard InChI is InChI=1S/C15H22N2O2S/c1-9(2)7-8-17(10-3-4-10)15-16-13-11(14(18)19)5-6-12(13)20-15/h9-11H,3-8H2,1-2H3,(H,18,19). The highest BCUT2D eigenvalue weighted by molar-refractivity contribution is 7.15. The average molecular weight is 294 g/mol. The van der Waals surface area contributed by atoms with Crippen molar-refractivity contribution in [2.24, 2.45) is 5.92 Å². The van der Waals surface area contributed by atoms with Crippen molar-refractivity contribution in [2.75, 3.05) is 11.4 Å². The van der Waals surface area contributed by atoms with Gasteiger partial charge < -0.3 is 10.0 Å². The van der Waals surface area contributed by atoms with Gasteiger partial charge in [-0.3, -0.25) is 4.79 Å². The van der Waals surface area contributed by atoms with E-state index in [4.69, 9.17) is 4.98 Å². The molecule has 0 aliphatic heterocycles. The Morgan fingerprint density at radius 2 is 2.20 bits per heavy atom. The molecule has 0 saturated heterocycles. The first-order valence-corrected chi connectivity index (χ1v) is 8.37. The molecule has 0 radical (unpaired) electrons. The second-order valence-corrected chi connectivity index (χ2v) is 7.40. The Labute approximate surface area is 123 Å². The molecule has 4 nitrogen and oxygen atoms in total. The van der Waals surface area contributed by atoms with Crippen LogP contribution in [0.4, 0.5) is 5.13 Å². The average Bonchev–Trinajstić information content (AvgIpc) is 2.98. The lowest BCUT2D eigenvalue weighted by Gasteiger charge is -2.22. The third kappa shape index (κ3) is 2.68. The molecular formula is C15H22N2O2S. The third-order valence-corrected chi connectivity index (χ3v) is 5.35. The molecule has 1 aromatic rings. The molecule has 0 amide bonds. The highest BCUT2D eigenvalue weighted by atomic mass is 32.1. The summed E-state index contributed by atoms with van der Waals surface area (Å²) in [6.07, 6.45) is 5.28. The van der Waals surface area contributed by atoms with Gasteiger partial charge in [-0.1, -0.05) is 13.8 Å². The van der Waals surface area contributed by atoms with Crippen molar-refractivity contribution in [3.8, 4) is 0 Å². The van der Waals surface area contributed by atoms with Crippen LogP contribution in [0.2, 0.25) is 0 Å². The van der Waals surface area contributed by atoms with Gasteiger partial charge in [0.1, 0.15) is 5.92 Å². The van der Waals surface area contributed by atoms with E-state index in [1.54, 1.807) is 11.3 Å². The molecule has 0 bridgehead atoms. The number of hydrogen-bond donors (Lipinski definition) is 1. The summed E-state index contributed by atoms with van der Waals surface area (Å²) < 4.78 is 0. The van der Waals surface area contributed by atoms with Gasteiger partial charge in [-0.15, -0.1) is 11.3 Å². The Morgan fingerprint density at radius 1 is 1.45 bits per heavy atom. The fraction of sp³-hybridized carbons (Fsp3) is 0.733. The molecule has 3 rings (SSSR count). The van der Waals surface area contributed by atoms with Crippen LogP contribution in [0.1, 0.15) is 56.0 Å². The summed E-state index contributed by atoms with van der Waals surface area (Å²) in [5.41, 5.74) is 0.840. The summed E-state index contributed by atoms with van der Waals surface area (Å²) >= 11 is 1.72. The van der Waals surface area contributed by atoms with E-state index in [1.807, 2.05) is 0 Å². The number of nitrogens with zero attached hydrogens (tertiary/aromatic N) is 2. The smallest absolute Gasteiger partial charge is 0.312 e. The molecule has 1 saturated carbocycles. The lowest BCUT2D eigenvalue weighted by atomic mass is 10.1. The number of thiazole rings is 1. The number of aryl methyl sites for hydroxylation is 1. The second kappa shape index (κ2) is 5.35. The summed E-state index contributed by atoms with van der Waals surface area (Å²) in [5.74, 6) is -0.406. The fourth-order valence-corrected chi connectivity index (χ4v) is 4.03. The van der Waals surface area contributed by atoms with Crippen molar-refractivity contribution in [1.29, 1.82) is 0 Å². The zero-order valence-corrected chi connectivity index (χ0v) is 12.9. The number of anilines is 1. The molecule has 1 fully saturated rings. The van der Waals surface area contributed by atoms with Gasteiger partial charge in [-0.05, 0) is 38.0 Å². The number of fused-ring (bicyclic) bond motifs is 1. The van der Waals surface area contributed by atoms with E-state index in [1.165, 1.54) is 24.1 Å². The first-order chi connectivity index (χ1) is 9.56. The topological polar surface area (TPSA) is 53.4 Å². The molecule has 1 unspecified atom stereocenters. The van der Waals surface area contributed by atoms with E-state index in [0.29, 0.717) is 12.0 Å². The molecule has 110 valence electrons. The molecule has 2 aliphatic carbocycles. The van der Waals surface area contributed by atoms with Gasteiger partial charge >= 0.3 is 5.97 Å². The monoisotopic (exact) mass is 294 g/mol. The van der Waals surface area contributed by atoms with Crippen molar-refractivity contribution < 1.29 is 9.90 Å². The molecule has 1 atom stereocenters. The molecule has 0 spiro atoms. The van der Waals surface area contributed by atoms with Gasteiger partial charge in [-0.2, -0.15) is 0 Å². The quantitative estimate of drug-likeness (QED) is 0.875. The summed E-state index contributed by atoms with van der Waals surface area (Å²) in [4.78, 5) is 19.6. The van der Waals surface area contributed by atoms with Crippen LogP contribution in [-0.4, -0.2) is 28.6 Å². The van der Waals surface area contributed by atoms with Gasteiger partial charge in [-0.25, -0.2) is 4.98 Å². The fourth-order valence-electron chi connectivity index (χ4n) is 2.80. The maximum absolute atomic E-state index is 11.3. The van der Waals surface area contributed by atoms with Crippen LogP contribution in [0.5, 0.6) is 0 Å². The number of carboxylic acids is 1. The largest absolute Gasteiger partial charge is 0.481 e. The Hall–Kier alpha value is -1.10. The van der Waals surface area contributed by atoms with Crippen LogP contribution < -0.4 is 4.90 Å². The van der Waals surface area contributed by atoms with Gasteiger partial charge in [0.05, 0.1) is 5.69 Å². The van der Waals surface area contributed by atoms with Crippen molar-refractivity contribution in [3.63, 3.8) is 0 Å². The third-order valence-electron chi connectivity index (χ3n) is 4.19. The highest BCUT2D eigenvalue weighted by Crippen LogP contribution is 2.42. The zero-order valence-electron chi connectivity index (χ0n) is 12.1. The molecule has 1 aromatic heterocycles. The van der Waals surface area contributed by atoms with E-state index in [0.717, 1.165) is 30.2 Å². The maximum Gasteiger partial charge on any atom is 0.312 e. The zero-order chi connectivity index (χ0) is 14.3. The molecule has 1 heterocycles. The number of carbonyl (C=O) groups is 1. The molecule has 2 aliphatic rings. The summed E-state index contributed by atoms with van der Waals surface area (Å²) in [7, 11) is 0. The predicted molar refractivity (Wildman–Crippen MR) is 80.6 cm³/mol. The van der Waals surface area contributed by atoms with Crippen LogP contribution in [-0.2, 0) is 11.2 Å². The second-order valence-electron chi connectivity index (χ2n) is 6.34. The van der Waals surface area contributed by atoms with E-state index >= 15 is 0 Å². The highest BCUT2D eigenvalue weighted by Gasteiger charge is 2.36. The van der Waals surface area contributed by atoms with Crippen molar-refractivity contribution in [3.05, 3.63) is 10.6 Å². The van der Waals surface area contributed by atoms with Gasteiger partial charge in [0.25, 0.3) is 0 Å². The molecule has 20 heavy (non-hydrogen) atoms. The summed E-state index contributed by atoms with van der Waals surface area (Å²) in [6, 6.07) is 0.642. The van der Waals surface area contributed by atoms with Crippen LogP contribution in [0.15, 0.2) is 0 Å².